The topological polar surface area (TPSA) is 77.1 Å². The minimum absolute atomic E-state index is 0.0907. The van der Waals surface area contributed by atoms with Crippen LogP contribution >= 0.6 is 11.8 Å². The summed E-state index contributed by atoms with van der Waals surface area (Å²) in [6, 6.07) is 10.7. The molecular weight excluding hydrogens is 386 g/mol. The average Bonchev–Trinajstić information content (AvgIpc) is 2.99. The Balaban J connectivity index is 2.08. The average molecular weight is 412 g/mol. The molecule has 0 N–H and O–H groups in total. The lowest BCUT2D eigenvalue weighted by Gasteiger charge is -2.15. The second-order valence-electron chi connectivity index (χ2n) is 7.41. The summed E-state index contributed by atoms with van der Waals surface area (Å²) in [5, 5.41) is 12.2. The first-order valence-electron chi connectivity index (χ1n) is 9.40. The molecule has 0 amide bonds. The molecule has 0 aliphatic heterocycles. The van der Waals surface area contributed by atoms with Crippen molar-refractivity contribution in [2.75, 3.05) is 14.1 Å². The van der Waals surface area contributed by atoms with Gasteiger partial charge in [0.05, 0.1) is 23.7 Å². The van der Waals surface area contributed by atoms with Crippen molar-refractivity contribution < 1.29 is 4.92 Å². The van der Waals surface area contributed by atoms with E-state index in [4.69, 9.17) is 4.98 Å². The highest BCUT2D eigenvalue weighted by atomic mass is 32.2. The third-order valence-corrected chi connectivity index (χ3v) is 5.45. The molecule has 0 aliphatic carbocycles. The molecule has 0 fully saturated rings. The maximum Gasteiger partial charge on any atom is 0.270 e. The van der Waals surface area contributed by atoms with Gasteiger partial charge < -0.3 is 9.47 Å². The number of pyridine rings is 1. The number of nitro benzene ring substituents is 1. The quantitative estimate of drug-likeness (QED) is 0.399. The van der Waals surface area contributed by atoms with Crippen molar-refractivity contribution in [3.63, 3.8) is 0 Å². The number of non-ortho nitro benzene ring substituents is 1. The molecule has 0 saturated carbocycles. The van der Waals surface area contributed by atoms with Crippen molar-refractivity contribution in [3.8, 4) is 0 Å². The zero-order chi connectivity index (χ0) is 21.0. The van der Waals surface area contributed by atoms with Crippen LogP contribution in [0.2, 0.25) is 0 Å². The van der Waals surface area contributed by atoms with Crippen LogP contribution < -0.4 is 0 Å². The van der Waals surface area contributed by atoms with Gasteiger partial charge in [0.25, 0.3) is 5.69 Å². The summed E-state index contributed by atoms with van der Waals surface area (Å²) in [7, 11) is 4.04. The smallest absolute Gasteiger partial charge is 0.270 e. The predicted octanol–water partition coefficient (Wildman–Crippen LogP) is 4.57. The SMILES string of the molecule is CC(C)c1nc(CN(C)C)n(Cc2cccnc2)c1Sc1cccc([N+](=O)[O-])c1. The van der Waals surface area contributed by atoms with E-state index in [1.807, 2.05) is 38.5 Å². The minimum Gasteiger partial charge on any atom is -0.317 e. The first-order valence-corrected chi connectivity index (χ1v) is 10.2. The molecule has 152 valence electrons. The van der Waals surface area contributed by atoms with E-state index < -0.39 is 0 Å². The van der Waals surface area contributed by atoms with E-state index in [1.165, 1.54) is 17.8 Å². The van der Waals surface area contributed by atoms with Gasteiger partial charge in [-0.25, -0.2) is 4.98 Å². The second-order valence-corrected chi connectivity index (χ2v) is 8.48. The van der Waals surface area contributed by atoms with Gasteiger partial charge in [0, 0.05) is 29.4 Å². The normalized spacial score (nSPS) is 11.4. The van der Waals surface area contributed by atoms with Crippen LogP contribution in [0, 0.1) is 10.1 Å². The van der Waals surface area contributed by atoms with Gasteiger partial charge in [-0.3, -0.25) is 15.1 Å². The third-order valence-electron chi connectivity index (χ3n) is 4.34. The van der Waals surface area contributed by atoms with Crippen LogP contribution in [0.4, 0.5) is 5.69 Å². The van der Waals surface area contributed by atoms with Crippen molar-refractivity contribution in [2.24, 2.45) is 0 Å². The van der Waals surface area contributed by atoms with Gasteiger partial charge >= 0.3 is 0 Å². The van der Waals surface area contributed by atoms with Crippen molar-refractivity contribution in [2.45, 2.75) is 42.8 Å². The van der Waals surface area contributed by atoms with E-state index in [9.17, 15) is 10.1 Å². The summed E-state index contributed by atoms with van der Waals surface area (Å²) < 4.78 is 2.20. The van der Waals surface area contributed by atoms with Crippen molar-refractivity contribution in [3.05, 3.63) is 76.0 Å². The fourth-order valence-electron chi connectivity index (χ4n) is 3.00. The van der Waals surface area contributed by atoms with E-state index in [0.717, 1.165) is 27.0 Å². The first kappa shape index (κ1) is 21.0. The Morgan fingerprint density at radius 3 is 2.66 bits per heavy atom. The fourth-order valence-corrected chi connectivity index (χ4v) is 4.21. The number of hydrogen-bond acceptors (Lipinski definition) is 6. The van der Waals surface area contributed by atoms with Crippen LogP contribution in [0.15, 0.2) is 58.7 Å². The van der Waals surface area contributed by atoms with Gasteiger partial charge in [0.15, 0.2) is 0 Å². The molecule has 0 unspecified atom stereocenters. The van der Waals surface area contributed by atoms with Gasteiger partial charge in [-0.05, 0) is 37.7 Å². The zero-order valence-corrected chi connectivity index (χ0v) is 17.9. The highest BCUT2D eigenvalue weighted by Gasteiger charge is 2.21. The van der Waals surface area contributed by atoms with Crippen LogP contribution in [0.3, 0.4) is 0 Å². The van der Waals surface area contributed by atoms with E-state index in [0.29, 0.717) is 13.1 Å². The Labute approximate surface area is 174 Å². The summed E-state index contributed by atoms with van der Waals surface area (Å²) in [6.45, 7) is 5.59. The maximum atomic E-state index is 11.2. The van der Waals surface area contributed by atoms with Crippen LogP contribution in [-0.2, 0) is 13.1 Å². The van der Waals surface area contributed by atoms with E-state index in [2.05, 4.69) is 28.3 Å². The molecule has 3 rings (SSSR count). The highest BCUT2D eigenvalue weighted by Crippen LogP contribution is 2.36. The summed E-state index contributed by atoms with van der Waals surface area (Å²) in [5.74, 6) is 1.20. The van der Waals surface area contributed by atoms with E-state index in [-0.39, 0.29) is 16.5 Å². The van der Waals surface area contributed by atoms with Gasteiger partial charge in [0.1, 0.15) is 10.9 Å². The number of hydrogen-bond donors (Lipinski definition) is 0. The van der Waals surface area contributed by atoms with E-state index in [1.54, 1.807) is 18.3 Å². The van der Waals surface area contributed by atoms with Crippen molar-refractivity contribution in [1.82, 2.24) is 19.4 Å². The number of nitro groups is 1. The molecule has 29 heavy (non-hydrogen) atoms. The largest absolute Gasteiger partial charge is 0.317 e. The summed E-state index contributed by atoms with van der Waals surface area (Å²) >= 11 is 1.53. The summed E-state index contributed by atoms with van der Waals surface area (Å²) in [5.41, 5.74) is 2.18. The van der Waals surface area contributed by atoms with Gasteiger partial charge in [-0.2, -0.15) is 0 Å². The number of benzene rings is 1. The van der Waals surface area contributed by atoms with Crippen LogP contribution in [0.1, 0.15) is 36.8 Å². The summed E-state index contributed by atoms with van der Waals surface area (Å²) in [6.07, 6.45) is 3.62. The third kappa shape index (κ3) is 5.21. The molecule has 2 heterocycles. The molecule has 0 spiro atoms. The van der Waals surface area contributed by atoms with Gasteiger partial charge in [-0.1, -0.05) is 37.7 Å². The lowest BCUT2D eigenvalue weighted by Crippen LogP contribution is -2.16. The fraction of sp³-hybridized carbons (Fsp3) is 0.333. The number of imidazole rings is 1. The van der Waals surface area contributed by atoms with Gasteiger partial charge in [-0.15, -0.1) is 0 Å². The molecule has 1 aromatic carbocycles. The zero-order valence-electron chi connectivity index (χ0n) is 17.1. The lowest BCUT2D eigenvalue weighted by molar-refractivity contribution is -0.385. The monoisotopic (exact) mass is 411 g/mol. The molecule has 8 heteroatoms. The molecule has 2 aromatic heterocycles. The maximum absolute atomic E-state index is 11.2. The molecule has 3 aromatic rings. The van der Waals surface area contributed by atoms with Crippen LogP contribution in [-0.4, -0.2) is 38.5 Å². The van der Waals surface area contributed by atoms with Crippen LogP contribution in [0.25, 0.3) is 0 Å². The Morgan fingerprint density at radius 1 is 1.24 bits per heavy atom. The van der Waals surface area contributed by atoms with Crippen molar-refractivity contribution >= 4 is 17.4 Å². The Kier molecular flexibility index (Phi) is 6.66. The summed E-state index contributed by atoms with van der Waals surface area (Å²) in [4.78, 5) is 22.9. The molecule has 0 bridgehead atoms. The van der Waals surface area contributed by atoms with Crippen molar-refractivity contribution in [1.29, 1.82) is 0 Å². The van der Waals surface area contributed by atoms with Crippen LogP contribution in [0.5, 0.6) is 0 Å². The molecule has 0 radical (unpaired) electrons. The molecular formula is C21H25N5O2S. The second kappa shape index (κ2) is 9.19. The predicted molar refractivity (Wildman–Crippen MR) is 114 cm³/mol. The highest BCUT2D eigenvalue weighted by molar-refractivity contribution is 7.99. The lowest BCUT2D eigenvalue weighted by atomic mass is 10.1. The number of rotatable bonds is 8. The van der Waals surface area contributed by atoms with E-state index >= 15 is 0 Å². The number of nitrogens with zero attached hydrogens (tertiary/aromatic N) is 5. The minimum atomic E-state index is -0.363. The molecule has 0 aliphatic rings. The Hall–Kier alpha value is -2.71. The van der Waals surface area contributed by atoms with Gasteiger partial charge in [0.2, 0.25) is 0 Å². The Morgan fingerprint density at radius 2 is 2.03 bits per heavy atom. The first-order chi connectivity index (χ1) is 13.8. The molecule has 7 nitrogen and oxygen atoms in total. The Bertz CT molecular complexity index is 986. The standard InChI is InChI=1S/C21H25N5O2S/c1-15(2)20-21(29-18-9-5-8-17(11-18)26(27)28)25(19(23-20)14-24(3)4)13-16-7-6-10-22-12-16/h5-12,15H,13-14H2,1-4H3. The molecule has 0 saturated heterocycles. The molecule has 0 atom stereocenters. The number of aromatic nitrogens is 3.